The summed E-state index contributed by atoms with van der Waals surface area (Å²) in [7, 11) is 0. The fourth-order valence-electron chi connectivity index (χ4n) is 3.62. The van der Waals surface area contributed by atoms with Crippen molar-refractivity contribution in [1.82, 2.24) is 19.6 Å². The second-order valence-electron chi connectivity index (χ2n) is 7.93. The third kappa shape index (κ3) is 6.22. The van der Waals surface area contributed by atoms with E-state index in [1.807, 2.05) is 0 Å². The summed E-state index contributed by atoms with van der Waals surface area (Å²) in [6, 6.07) is -1.15. The molecule has 1 saturated heterocycles. The first-order valence-electron chi connectivity index (χ1n) is 10.9. The van der Waals surface area contributed by atoms with Crippen molar-refractivity contribution in [3.05, 3.63) is 38.3 Å². The number of thiazole rings is 1. The summed E-state index contributed by atoms with van der Waals surface area (Å²) >= 11 is 4.73. The van der Waals surface area contributed by atoms with Gasteiger partial charge in [0.15, 0.2) is 16.4 Å². The van der Waals surface area contributed by atoms with Gasteiger partial charge in [-0.25, -0.2) is 19.4 Å². The molecule has 0 radical (unpaired) electrons. The number of nitrogens with one attached hydrogen (secondary N) is 2. The van der Waals surface area contributed by atoms with E-state index in [2.05, 4.69) is 19.8 Å². The van der Waals surface area contributed by atoms with Crippen LogP contribution in [0.3, 0.4) is 0 Å². The third-order valence-corrected chi connectivity index (χ3v) is 10.4. The first kappa shape index (κ1) is 30.4. The highest BCUT2D eigenvalue weighted by Crippen LogP contribution is 2.42. The third-order valence-electron chi connectivity index (χ3n) is 5.43. The van der Waals surface area contributed by atoms with Crippen LogP contribution in [0.5, 0.6) is 0 Å². The SMILES string of the molecule is CSC(O/N=C(\C(=O)NC1C(=O)N2C(C(=O)O)=C(CSc3s[nH]c(=O)c3C(=O)O)CSC12)c1csc(N)n1)C(=O)O. The number of nitrogen functional groups attached to an aromatic ring is 1. The Bertz CT molecular complexity index is 1550. The Kier molecular flexibility index (Phi) is 9.31. The number of aliphatic carboxylic acids is 2. The van der Waals surface area contributed by atoms with Crippen LogP contribution in [0.4, 0.5) is 5.13 Å². The topological polar surface area (TPSA) is 255 Å². The Morgan fingerprint density at radius 1 is 1.29 bits per heavy atom. The number of nitrogens with two attached hydrogens (primary N) is 1. The fourth-order valence-corrected chi connectivity index (χ4v) is 7.95. The van der Waals surface area contributed by atoms with Crippen LogP contribution >= 0.6 is 58.2 Å². The van der Waals surface area contributed by atoms with Gasteiger partial charge in [0.1, 0.15) is 22.8 Å². The number of carbonyl (C=O) groups excluding carboxylic acids is 2. The summed E-state index contributed by atoms with van der Waals surface area (Å²) in [4.78, 5) is 82.7. The standard InChI is InChI=1S/C20H18N6O10S5/c1-37-18(17(34)35)36-24-8(6-4-40-20(21)22-6)12(28)23-9-13(29)26-10(16(32)33)5(2-38-14(9)26)3-39-19-7(15(30)31)11(27)25-41-19/h4,9,14,18H,2-3H2,1H3,(H2,21,22)(H,23,28)(H,25,27)(H,30,31)(H,32,33)(H,34,35)/b24-8-. The molecule has 21 heteroatoms. The maximum Gasteiger partial charge on any atom is 0.358 e. The van der Waals surface area contributed by atoms with Crippen molar-refractivity contribution in [3.8, 4) is 0 Å². The molecule has 4 heterocycles. The number of carboxylic acids is 3. The lowest BCUT2D eigenvalue weighted by molar-refractivity contribution is -0.150. The van der Waals surface area contributed by atoms with Crippen molar-refractivity contribution in [2.24, 2.45) is 5.16 Å². The molecule has 7 N–H and O–H groups in total. The number of rotatable bonds is 12. The number of anilines is 1. The average molecular weight is 663 g/mol. The average Bonchev–Trinajstić information content (AvgIpc) is 3.52. The Balaban J connectivity index is 1.52. The molecule has 41 heavy (non-hydrogen) atoms. The summed E-state index contributed by atoms with van der Waals surface area (Å²) in [6.07, 6.45) is 1.46. The van der Waals surface area contributed by atoms with Crippen LogP contribution in [-0.2, 0) is 24.0 Å². The lowest BCUT2D eigenvalue weighted by Crippen LogP contribution is -2.71. The molecule has 2 aromatic rings. The maximum absolute atomic E-state index is 13.1. The molecule has 218 valence electrons. The maximum atomic E-state index is 13.1. The minimum atomic E-state index is -1.43. The Hall–Kier alpha value is -3.53. The molecule has 0 bridgehead atoms. The van der Waals surface area contributed by atoms with Crippen LogP contribution in [-0.4, -0.2) is 99.6 Å². The zero-order valence-corrected chi connectivity index (χ0v) is 24.5. The Labute approximate surface area is 249 Å². The van der Waals surface area contributed by atoms with Gasteiger partial charge in [-0.15, -0.1) is 46.6 Å². The van der Waals surface area contributed by atoms with E-state index in [0.717, 1.165) is 51.3 Å². The number of carbonyl (C=O) groups is 5. The molecule has 0 saturated carbocycles. The van der Waals surface area contributed by atoms with E-state index in [1.165, 1.54) is 23.4 Å². The van der Waals surface area contributed by atoms with Gasteiger partial charge in [-0.1, -0.05) is 16.7 Å². The number of aromatic amines is 1. The second-order valence-corrected chi connectivity index (χ2v) is 12.9. The lowest BCUT2D eigenvalue weighted by atomic mass is 10.0. The van der Waals surface area contributed by atoms with Crippen molar-refractivity contribution in [3.63, 3.8) is 0 Å². The molecule has 16 nitrogen and oxygen atoms in total. The highest BCUT2D eigenvalue weighted by atomic mass is 32.2. The number of oxime groups is 1. The highest BCUT2D eigenvalue weighted by Gasteiger charge is 2.54. The van der Waals surface area contributed by atoms with Gasteiger partial charge in [0, 0.05) is 16.9 Å². The number of carboxylic acid groups (broad SMARTS) is 3. The molecule has 0 aliphatic carbocycles. The van der Waals surface area contributed by atoms with Crippen molar-refractivity contribution in [2.75, 3.05) is 23.5 Å². The van der Waals surface area contributed by atoms with E-state index in [9.17, 15) is 44.1 Å². The fraction of sp³-hybridized carbons (Fsp3) is 0.300. The number of β-lactam (4-membered cyclic amide) rings is 1. The number of fused-ring (bicyclic) bond motifs is 1. The molecule has 4 rings (SSSR count). The smallest absolute Gasteiger partial charge is 0.358 e. The van der Waals surface area contributed by atoms with Gasteiger partial charge in [-0.05, 0) is 11.8 Å². The zero-order chi connectivity index (χ0) is 30.0. The molecule has 0 spiro atoms. The minimum Gasteiger partial charge on any atom is -0.478 e. The van der Waals surface area contributed by atoms with E-state index in [4.69, 9.17) is 10.6 Å². The summed E-state index contributed by atoms with van der Waals surface area (Å²) in [6.45, 7) is 0. The van der Waals surface area contributed by atoms with Crippen LogP contribution in [0.2, 0.25) is 0 Å². The van der Waals surface area contributed by atoms with Crippen molar-refractivity contribution in [2.45, 2.75) is 21.1 Å². The number of thioether (sulfide) groups is 3. The Morgan fingerprint density at radius 2 is 2.02 bits per heavy atom. The van der Waals surface area contributed by atoms with Crippen LogP contribution in [0.15, 0.2) is 30.8 Å². The van der Waals surface area contributed by atoms with E-state index in [0.29, 0.717) is 5.57 Å². The van der Waals surface area contributed by atoms with Crippen LogP contribution in [0, 0.1) is 0 Å². The monoisotopic (exact) mass is 662 g/mol. The number of amides is 2. The predicted octanol–water partition coefficient (Wildman–Crippen LogP) is 0.199. The van der Waals surface area contributed by atoms with Gasteiger partial charge in [0.05, 0.1) is 4.21 Å². The summed E-state index contributed by atoms with van der Waals surface area (Å²) in [5, 5.41) is 35.2. The summed E-state index contributed by atoms with van der Waals surface area (Å²) in [5.74, 6) is -5.67. The molecule has 2 amide bonds. The van der Waals surface area contributed by atoms with E-state index in [-0.39, 0.29) is 32.2 Å². The summed E-state index contributed by atoms with van der Waals surface area (Å²) < 4.78 is 2.49. The van der Waals surface area contributed by atoms with Crippen LogP contribution in [0.25, 0.3) is 0 Å². The number of nitrogens with zero attached hydrogens (tertiary/aromatic N) is 3. The van der Waals surface area contributed by atoms with Crippen LogP contribution < -0.4 is 16.6 Å². The van der Waals surface area contributed by atoms with Gasteiger partial charge in [-0.2, -0.15) is 0 Å². The van der Waals surface area contributed by atoms with Gasteiger partial charge in [0.2, 0.25) is 0 Å². The molecule has 0 aromatic carbocycles. The summed E-state index contributed by atoms with van der Waals surface area (Å²) in [5.41, 5.74) is 2.57. The molecule has 2 aliphatic rings. The molecule has 2 aromatic heterocycles. The molecular formula is C20H18N6O10S5. The number of aromatic nitrogens is 2. The molecule has 1 fully saturated rings. The molecular weight excluding hydrogens is 645 g/mol. The minimum absolute atomic E-state index is 0.00416. The quantitative estimate of drug-likeness (QED) is 0.0583. The molecule has 3 unspecified atom stereocenters. The van der Waals surface area contributed by atoms with Crippen LogP contribution in [0.1, 0.15) is 16.1 Å². The van der Waals surface area contributed by atoms with E-state index >= 15 is 0 Å². The molecule has 2 aliphatic heterocycles. The van der Waals surface area contributed by atoms with Crippen molar-refractivity contribution >= 4 is 98.7 Å². The molecule has 3 atom stereocenters. The number of hydrogen-bond donors (Lipinski definition) is 6. The van der Waals surface area contributed by atoms with Gasteiger partial charge >= 0.3 is 17.9 Å². The Morgan fingerprint density at radius 3 is 2.61 bits per heavy atom. The predicted molar refractivity (Wildman–Crippen MR) is 151 cm³/mol. The van der Waals surface area contributed by atoms with Crippen molar-refractivity contribution < 1.29 is 44.1 Å². The van der Waals surface area contributed by atoms with E-state index in [1.54, 1.807) is 0 Å². The first-order chi connectivity index (χ1) is 19.4. The van der Waals surface area contributed by atoms with Gasteiger partial charge < -0.3 is 31.2 Å². The zero-order valence-electron chi connectivity index (χ0n) is 20.4. The normalized spacial score (nSPS) is 19.3. The van der Waals surface area contributed by atoms with E-state index < -0.39 is 63.4 Å². The largest absolute Gasteiger partial charge is 0.478 e. The first-order valence-corrected chi connectivity index (χ1v) is 16.0. The number of aromatic carboxylic acids is 1. The lowest BCUT2D eigenvalue weighted by Gasteiger charge is -2.49. The van der Waals surface area contributed by atoms with Gasteiger partial charge in [0.25, 0.3) is 22.8 Å². The van der Waals surface area contributed by atoms with Crippen molar-refractivity contribution in [1.29, 1.82) is 0 Å². The van der Waals surface area contributed by atoms with Gasteiger partial charge in [-0.3, -0.25) is 23.7 Å². The second kappa shape index (κ2) is 12.5. The number of hydrogen-bond acceptors (Lipinski definition) is 15. The number of H-pyrrole nitrogens is 1. The highest BCUT2D eigenvalue weighted by molar-refractivity contribution is 8.02.